The standard InChI is InChI=1S/C8H11IN2O3/c1-11-4-3-6(10-11)8(12)14-5-7(9)13-2/h3-4,7H,5H2,1-2H3. The van der Waals surface area contributed by atoms with Gasteiger partial charge in [0, 0.05) is 20.4 Å². The summed E-state index contributed by atoms with van der Waals surface area (Å²) >= 11 is 2.04. The fourth-order valence-electron chi connectivity index (χ4n) is 0.807. The molecule has 1 atom stereocenters. The van der Waals surface area contributed by atoms with Crippen LogP contribution in [0.4, 0.5) is 0 Å². The molecule has 0 saturated carbocycles. The van der Waals surface area contributed by atoms with E-state index in [1.54, 1.807) is 31.1 Å². The average Bonchev–Trinajstić information content (AvgIpc) is 2.60. The number of nitrogens with zero attached hydrogens (tertiary/aromatic N) is 2. The van der Waals surface area contributed by atoms with Gasteiger partial charge in [-0.15, -0.1) is 0 Å². The van der Waals surface area contributed by atoms with E-state index in [9.17, 15) is 4.79 Å². The minimum absolute atomic E-state index is 0.125. The molecule has 0 radical (unpaired) electrons. The van der Waals surface area contributed by atoms with Gasteiger partial charge in [-0.05, 0) is 28.7 Å². The number of esters is 1. The lowest BCUT2D eigenvalue weighted by molar-refractivity contribution is 0.0351. The third kappa shape index (κ3) is 3.26. The molecule has 0 N–H and O–H groups in total. The van der Waals surface area contributed by atoms with Crippen LogP contribution in [0.15, 0.2) is 12.3 Å². The van der Waals surface area contributed by atoms with E-state index in [0.717, 1.165) is 0 Å². The Kier molecular flexibility index (Phi) is 4.33. The van der Waals surface area contributed by atoms with E-state index in [4.69, 9.17) is 9.47 Å². The highest BCUT2D eigenvalue weighted by atomic mass is 127. The maximum Gasteiger partial charge on any atom is 0.358 e. The van der Waals surface area contributed by atoms with Gasteiger partial charge in [-0.3, -0.25) is 4.68 Å². The van der Waals surface area contributed by atoms with Crippen molar-refractivity contribution in [2.75, 3.05) is 13.7 Å². The van der Waals surface area contributed by atoms with Crippen LogP contribution in [0.3, 0.4) is 0 Å². The van der Waals surface area contributed by atoms with Crippen molar-refractivity contribution in [2.45, 2.75) is 4.11 Å². The van der Waals surface area contributed by atoms with E-state index >= 15 is 0 Å². The van der Waals surface area contributed by atoms with Crippen LogP contribution in [0.25, 0.3) is 0 Å². The minimum Gasteiger partial charge on any atom is -0.457 e. The number of rotatable bonds is 4. The summed E-state index contributed by atoms with van der Waals surface area (Å²) in [4.78, 5) is 11.3. The highest BCUT2D eigenvalue weighted by Gasteiger charge is 2.12. The number of methoxy groups -OCH3 is 1. The summed E-state index contributed by atoms with van der Waals surface area (Å²) in [6.07, 6.45) is 1.69. The molecule has 0 aliphatic carbocycles. The van der Waals surface area contributed by atoms with Crippen LogP contribution < -0.4 is 0 Å². The molecular weight excluding hydrogens is 299 g/mol. The third-order valence-electron chi connectivity index (χ3n) is 1.52. The topological polar surface area (TPSA) is 53.4 Å². The zero-order chi connectivity index (χ0) is 10.6. The zero-order valence-electron chi connectivity index (χ0n) is 7.94. The van der Waals surface area contributed by atoms with E-state index in [-0.39, 0.29) is 10.7 Å². The van der Waals surface area contributed by atoms with Crippen LogP contribution in [-0.2, 0) is 16.5 Å². The lowest BCUT2D eigenvalue weighted by Crippen LogP contribution is -2.15. The fourth-order valence-corrected chi connectivity index (χ4v) is 0.987. The van der Waals surface area contributed by atoms with Crippen LogP contribution in [0, 0.1) is 0 Å². The number of hydrogen-bond acceptors (Lipinski definition) is 4. The molecule has 78 valence electrons. The molecule has 0 fully saturated rings. The fraction of sp³-hybridized carbons (Fsp3) is 0.500. The summed E-state index contributed by atoms with van der Waals surface area (Å²) in [5.41, 5.74) is 0.312. The van der Waals surface area contributed by atoms with Crippen molar-refractivity contribution in [2.24, 2.45) is 7.05 Å². The molecule has 0 bridgehead atoms. The molecule has 0 amide bonds. The second-order valence-corrected chi connectivity index (χ2v) is 4.01. The number of carbonyl (C=O) groups excluding carboxylic acids is 1. The molecule has 14 heavy (non-hydrogen) atoms. The Morgan fingerprint density at radius 2 is 2.50 bits per heavy atom. The third-order valence-corrected chi connectivity index (χ3v) is 2.39. The molecule has 1 unspecified atom stereocenters. The SMILES string of the molecule is COC(I)COC(=O)c1ccn(C)n1. The van der Waals surface area contributed by atoms with Gasteiger partial charge in [0.1, 0.15) is 10.7 Å². The van der Waals surface area contributed by atoms with Crippen molar-refractivity contribution in [1.82, 2.24) is 9.78 Å². The first kappa shape index (κ1) is 11.4. The molecule has 1 aromatic rings. The van der Waals surface area contributed by atoms with Gasteiger partial charge in [-0.25, -0.2) is 4.79 Å². The van der Waals surface area contributed by atoms with Crippen LogP contribution in [-0.4, -0.2) is 33.6 Å². The molecule has 0 aliphatic rings. The number of aryl methyl sites for hydroxylation is 1. The van der Waals surface area contributed by atoms with E-state index in [1.807, 2.05) is 22.6 Å². The number of hydrogen-bond donors (Lipinski definition) is 0. The summed E-state index contributed by atoms with van der Waals surface area (Å²) in [6, 6.07) is 1.61. The second-order valence-electron chi connectivity index (χ2n) is 2.62. The quantitative estimate of drug-likeness (QED) is 0.473. The molecule has 1 aromatic heterocycles. The molecule has 6 heteroatoms. The van der Waals surface area contributed by atoms with Gasteiger partial charge in [-0.2, -0.15) is 5.10 Å². The van der Waals surface area contributed by atoms with Crippen LogP contribution >= 0.6 is 22.6 Å². The van der Waals surface area contributed by atoms with Gasteiger partial charge in [0.2, 0.25) is 0 Å². The Labute approximate surface area is 95.5 Å². The average molecular weight is 310 g/mol. The van der Waals surface area contributed by atoms with Gasteiger partial charge in [0.15, 0.2) is 5.69 Å². The number of aromatic nitrogens is 2. The molecule has 0 aromatic carbocycles. The van der Waals surface area contributed by atoms with E-state index < -0.39 is 5.97 Å². The summed E-state index contributed by atoms with van der Waals surface area (Å²) in [7, 11) is 3.30. The van der Waals surface area contributed by atoms with Crippen LogP contribution in [0.2, 0.25) is 0 Å². The van der Waals surface area contributed by atoms with Gasteiger partial charge < -0.3 is 9.47 Å². The molecule has 1 rings (SSSR count). The van der Waals surface area contributed by atoms with Crippen LogP contribution in [0.5, 0.6) is 0 Å². The van der Waals surface area contributed by atoms with Crippen molar-refractivity contribution in [1.29, 1.82) is 0 Å². The summed E-state index contributed by atoms with van der Waals surface area (Å²) in [6.45, 7) is 0.229. The molecule has 5 nitrogen and oxygen atoms in total. The predicted octanol–water partition coefficient (Wildman–Crippen LogP) is 0.984. The van der Waals surface area contributed by atoms with Crippen molar-refractivity contribution >= 4 is 28.6 Å². The predicted molar refractivity (Wildman–Crippen MR) is 58.3 cm³/mol. The summed E-state index contributed by atoms with van der Waals surface area (Å²) in [5.74, 6) is -0.427. The molecular formula is C8H11IN2O3. The Hall–Kier alpha value is -0.630. The molecule has 0 saturated heterocycles. The minimum atomic E-state index is -0.427. The first-order chi connectivity index (χ1) is 6.63. The summed E-state index contributed by atoms with van der Waals surface area (Å²) in [5, 5.41) is 3.91. The van der Waals surface area contributed by atoms with E-state index in [0.29, 0.717) is 5.69 Å². The van der Waals surface area contributed by atoms with E-state index in [2.05, 4.69) is 5.10 Å². The van der Waals surface area contributed by atoms with Gasteiger partial charge in [0.05, 0.1) is 0 Å². The highest BCUT2D eigenvalue weighted by Crippen LogP contribution is 2.04. The van der Waals surface area contributed by atoms with Crippen molar-refractivity contribution in [3.05, 3.63) is 18.0 Å². The highest BCUT2D eigenvalue weighted by molar-refractivity contribution is 14.1. The molecule has 0 spiro atoms. The van der Waals surface area contributed by atoms with Crippen molar-refractivity contribution in [3.63, 3.8) is 0 Å². The van der Waals surface area contributed by atoms with Crippen molar-refractivity contribution < 1.29 is 14.3 Å². The smallest absolute Gasteiger partial charge is 0.358 e. The Bertz CT molecular complexity index is 313. The first-order valence-electron chi connectivity index (χ1n) is 3.97. The van der Waals surface area contributed by atoms with Gasteiger partial charge >= 0.3 is 5.97 Å². The number of alkyl halides is 1. The summed E-state index contributed by atoms with van der Waals surface area (Å²) < 4.78 is 11.3. The molecule has 0 aliphatic heterocycles. The number of ether oxygens (including phenoxy) is 2. The Balaban J connectivity index is 2.43. The lowest BCUT2D eigenvalue weighted by atomic mass is 10.4. The normalized spacial score (nSPS) is 12.5. The van der Waals surface area contributed by atoms with Gasteiger partial charge in [-0.1, -0.05) is 0 Å². The number of halogens is 1. The maximum absolute atomic E-state index is 11.3. The zero-order valence-corrected chi connectivity index (χ0v) is 10.1. The Morgan fingerprint density at radius 3 is 3.00 bits per heavy atom. The first-order valence-corrected chi connectivity index (χ1v) is 5.21. The van der Waals surface area contributed by atoms with E-state index in [1.165, 1.54) is 0 Å². The largest absolute Gasteiger partial charge is 0.457 e. The van der Waals surface area contributed by atoms with Crippen molar-refractivity contribution in [3.8, 4) is 0 Å². The maximum atomic E-state index is 11.3. The van der Waals surface area contributed by atoms with Gasteiger partial charge in [0.25, 0.3) is 0 Å². The monoisotopic (exact) mass is 310 g/mol. The Morgan fingerprint density at radius 1 is 1.79 bits per heavy atom. The van der Waals surface area contributed by atoms with Crippen LogP contribution in [0.1, 0.15) is 10.5 Å². The second kappa shape index (κ2) is 5.30. The number of carbonyl (C=O) groups is 1. The lowest BCUT2D eigenvalue weighted by Gasteiger charge is -2.07. The molecule has 1 heterocycles.